The summed E-state index contributed by atoms with van der Waals surface area (Å²) in [5, 5.41) is 13.4. The molecule has 1 atom stereocenters. The summed E-state index contributed by atoms with van der Waals surface area (Å²) in [5.41, 5.74) is -1.37. The summed E-state index contributed by atoms with van der Waals surface area (Å²) in [4.78, 5) is 12.4. The second-order valence-electron chi connectivity index (χ2n) is 8.06. The summed E-state index contributed by atoms with van der Waals surface area (Å²) in [7, 11) is 0. The number of alkyl halides is 4. The monoisotopic (exact) mass is 433 g/mol. The maximum atomic E-state index is 14.3. The van der Waals surface area contributed by atoms with Crippen molar-refractivity contribution in [3.63, 3.8) is 0 Å². The molecular weight excluding hydrogens is 409 g/mol. The molecule has 1 aromatic carbocycles. The molecule has 0 bridgehead atoms. The van der Waals surface area contributed by atoms with Crippen molar-refractivity contribution < 1.29 is 31.5 Å². The highest BCUT2D eigenvalue weighted by Gasteiger charge is 2.42. The summed E-state index contributed by atoms with van der Waals surface area (Å²) in [6.07, 6.45) is -3.94. The van der Waals surface area contributed by atoms with Crippen LogP contribution in [0.1, 0.15) is 39.5 Å². The highest BCUT2D eigenvalue weighted by molar-refractivity contribution is 5.82. The van der Waals surface area contributed by atoms with Gasteiger partial charge in [-0.05, 0) is 56.9 Å². The van der Waals surface area contributed by atoms with Crippen molar-refractivity contribution in [3.05, 3.63) is 30.1 Å². The van der Waals surface area contributed by atoms with Crippen molar-refractivity contribution in [3.8, 4) is 11.8 Å². The zero-order valence-corrected chi connectivity index (χ0v) is 16.7. The number of amides is 1. The Kier molecular flexibility index (Phi) is 7.29. The van der Waals surface area contributed by atoms with Gasteiger partial charge in [0.1, 0.15) is 23.7 Å². The third-order valence-corrected chi connectivity index (χ3v) is 4.45. The fourth-order valence-corrected chi connectivity index (χ4v) is 2.76. The molecule has 0 spiro atoms. The minimum Gasteiger partial charge on any atom is -0.432 e. The number of nitriles is 1. The van der Waals surface area contributed by atoms with E-state index in [1.54, 1.807) is 6.07 Å². The molecule has 0 saturated heterocycles. The molecular formula is C20H24F5N3O2. The summed E-state index contributed by atoms with van der Waals surface area (Å²) < 4.78 is 74.3. The lowest BCUT2D eigenvalue weighted by molar-refractivity contribution is -0.174. The zero-order valence-electron chi connectivity index (χ0n) is 16.7. The zero-order chi connectivity index (χ0) is 22.6. The highest BCUT2D eigenvalue weighted by Crippen LogP contribution is 2.41. The lowest BCUT2D eigenvalue weighted by Crippen LogP contribution is -2.55. The van der Waals surface area contributed by atoms with Crippen molar-refractivity contribution >= 4 is 5.91 Å². The van der Waals surface area contributed by atoms with Crippen molar-refractivity contribution in [1.29, 1.82) is 5.26 Å². The van der Waals surface area contributed by atoms with Gasteiger partial charge in [0.2, 0.25) is 11.8 Å². The standard InChI is InChI=1S/C20H24F5N3O2/c1-18(2,11-26)28-17(29)16(10-19(22,23)9-13-3-4-13)27-12-20(24,25)30-15-7-5-14(21)6-8-15/h5-8,13,16,27H,3-4,9-10,12H2,1-2H3,(H,28,29)/t16-/m0/s1. The fourth-order valence-electron chi connectivity index (χ4n) is 2.76. The third kappa shape index (κ3) is 8.14. The first-order chi connectivity index (χ1) is 13.8. The molecule has 0 unspecified atom stereocenters. The van der Waals surface area contributed by atoms with Crippen molar-refractivity contribution in [1.82, 2.24) is 10.6 Å². The van der Waals surface area contributed by atoms with Crippen LogP contribution in [0.4, 0.5) is 22.0 Å². The number of hydrogen-bond donors (Lipinski definition) is 2. The molecule has 1 amide bonds. The SMILES string of the molecule is CC(C)(C#N)NC(=O)[C@H](CC(F)(F)CC1CC1)NCC(F)(F)Oc1ccc(F)cc1. The van der Waals surface area contributed by atoms with Gasteiger partial charge in [-0.25, -0.2) is 13.2 Å². The van der Waals surface area contributed by atoms with Gasteiger partial charge in [-0.3, -0.25) is 10.1 Å². The van der Waals surface area contributed by atoms with E-state index in [9.17, 15) is 26.7 Å². The van der Waals surface area contributed by atoms with Gasteiger partial charge in [-0.15, -0.1) is 0 Å². The molecule has 0 aliphatic heterocycles. The van der Waals surface area contributed by atoms with E-state index in [4.69, 9.17) is 5.26 Å². The van der Waals surface area contributed by atoms with E-state index in [2.05, 4.69) is 15.4 Å². The number of nitrogens with one attached hydrogen (secondary N) is 2. The quantitative estimate of drug-likeness (QED) is 0.518. The van der Waals surface area contributed by atoms with E-state index < -0.39 is 54.7 Å². The lowest BCUT2D eigenvalue weighted by Gasteiger charge is -2.28. The second-order valence-corrected chi connectivity index (χ2v) is 8.06. The van der Waals surface area contributed by atoms with Crippen LogP contribution in [0.2, 0.25) is 0 Å². The van der Waals surface area contributed by atoms with E-state index >= 15 is 0 Å². The summed E-state index contributed by atoms with van der Waals surface area (Å²) >= 11 is 0. The molecule has 0 heterocycles. The predicted molar refractivity (Wildman–Crippen MR) is 98.5 cm³/mol. The number of halogens is 5. The summed E-state index contributed by atoms with van der Waals surface area (Å²) in [6, 6.07) is 3.96. The molecule has 5 nitrogen and oxygen atoms in total. The first-order valence-electron chi connectivity index (χ1n) is 9.48. The smallest absolute Gasteiger partial charge is 0.410 e. The molecule has 0 aromatic heterocycles. The van der Waals surface area contributed by atoms with E-state index in [-0.39, 0.29) is 11.7 Å². The van der Waals surface area contributed by atoms with Crippen molar-refractivity contribution in [2.75, 3.05) is 6.54 Å². The van der Waals surface area contributed by atoms with Crippen LogP contribution < -0.4 is 15.4 Å². The van der Waals surface area contributed by atoms with Gasteiger partial charge in [0.05, 0.1) is 12.1 Å². The largest absolute Gasteiger partial charge is 0.432 e. The summed E-state index contributed by atoms with van der Waals surface area (Å²) in [6.45, 7) is 1.47. The number of carbonyl (C=O) groups is 1. The van der Waals surface area contributed by atoms with Crippen molar-refractivity contribution in [2.45, 2.75) is 63.1 Å². The van der Waals surface area contributed by atoms with Crippen LogP contribution in [0.5, 0.6) is 5.75 Å². The average molecular weight is 433 g/mol. The molecule has 1 aliphatic rings. The Morgan fingerprint density at radius 1 is 1.23 bits per heavy atom. The van der Waals surface area contributed by atoms with Crippen LogP contribution in [0.15, 0.2) is 24.3 Å². The van der Waals surface area contributed by atoms with Gasteiger partial charge in [0.15, 0.2) is 0 Å². The van der Waals surface area contributed by atoms with Gasteiger partial charge in [0.25, 0.3) is 0 Å². The maximum Gasteiger partial charge on any atom is 0.410 e. The van der Waals surface area contributed by atoms with Gasteiger partial charge in [0, 0.05) is 12.8 Å². The van der Waals surface area contributed by atoms with Gasteiger partial charge in [-0.2, -0.15) is 14.0 Å². The van der Waals surface area contributed by atoms with E-state index in [0.717, 1.165) is 24.3 Å². The molecule has 2 rings (SSSR count). The molecule has 10 heteroatoms. The lowest BCUT2D eigenvalue weighted by atomic mass is 10.0. The van der Waals surface area contributed by atoms with Crippen LogP contribution in [0.3, 0.4) is 0 Å². The number of benzene rings is 1. The highest BCUT2D eigenvalue weighted by atomic mass is 19.3. The van der Waals surface area contributed by atoms with Gasteiger partial charge < -0.3 is 10.1 Å². The van der Waals surface area contributed by atoms with Crippen LogP contribution in [0, 0.1) is 23.1 Å². The number of rotatable bonds is 11. The topological polar surface area (TPSA) is 74.2 Å². The van der Waals surface area contributed by atoms with Crippen LogP contribution in [-0.4, -0.2) is 36.1 Å². The molecule has 1 aromatic rings. The molecule has 1 aliphatic carbocycles. The van der Waals surface area contributed by atoms with Crippen LogP contribution in [-0.2, 0) is 4.79 Å². The molecule has 2 N–H and O–H groups in total. The molecule has 166 valence electrons. The van der Waals surface area contributed by atoms with E-state index in [0.29, 0.717) is 12.8 Å². The molecule has 1 fully saturated rings. The minimum atomic E-state index is -3.85. The number of ether oxygens (including phenoxy) is 1. The Hall–Kier alpha value is -2.41. The number of carbonyl (C=O) groups excluding carboxylic acids is 1. The third-order valence-electron chi connectivity index (χ3n) is 4.45. The van der Waals surface area contributed by atoms with Gasteiger partial charge >= 0.3 is 6.11 Å². The van der Waals surface area contributed by atoms with Gasteiger partial charge in [-0.1, -0.05) is 0 Å². The number of hydrogen-bond acceptors (Lipinski definition) is 4. The molecule has 30 heavy (non-hydrogen) atoms. The van der Waals surface area contributed by atoms with E-state index in [1.807, 2.05) is 0 Å². The fraction of sp³-hybridized carbons (Fsp3) is 0.600. The van der Waals surface area contributed by atoms with Crippen LogP contribution >= 0.6 is 0 Å². The number of nitrogens with zero attached hydrogens (tertiary/aromatic N) is 1. The first kappa shape index (κ1) is 23.9. The molecule has 0 radical (unpaired) electrons. The summed E-state index contributed by atoms with van der Waals surface area (Å²) in [5.74, 6) is -5.33. The average Bonchev–Trinajstić information content (AvgIpc) is 3.43. The van der Waals surface area contributed by atoms with Crippen LogP contribution in [0.25, 0.3) is 0 Å². The second kappa shape index (κ2) is 9.16. The van der Waals surface area contributed by atoms with Crippen molar-refractivity contribution in [2.24, 2.45) is 5.92 Å². The predicted octanol–water partition coefficient (Wildman–Crippen LogP) is 4.00. The normalized spacial score (nSPS) is 15.9. The molecule has 1 saturated carbocycles. The first-order valence-corrected chi connectivity index (χ1v) is 9.48. The minimum absolute atomic E-state index is 0.137. The Morgan fingerprint density at radius 3 is 2.37 bits per heavy atom. The maximum absolute atomic E-state index is 14.3. The Labute approximate surface area is 171 Å². The Balaban J connectivity index is 2.05. The van der Waals surface area contributed by atoms with E-state index in [1.165, 1.54) is 13.8 Å². The Morgan fingerprint density at radius 2 is 1.83 bits per heavy atom. The Bertz CT molecular complexity index is 774.